The zero-order valence-corrected chi connectivity index (χ0v) is 17.2. The molecule has 0 bridgehead atoms. The van der Waals surface area contributed by atoms with E-state index in [9.17, 15) is 5.11 Å². The van der Waals surface area contributed by atoms with Crippen LogP contribution in [0.1, 0.15) is 30.4 Å². The molecule has 0 radical (unpaired) electrons. The standard InChI is InChI=1S/C23H28N2O2S/c1-24-16-22(27-21-8-4-3-7-19(21)23(24)28)20(25-13-5-2-6-14-25)15-17-9-11-18(26)12-10-17/h3-4,7-12,20,22,26H,2,5-6,13-16H2,1H3. The second-order valence-electron chi connectivity index (χ2n) is 7.87. The number of piperidine rings is 1. The smallest absolute Gasteiger partial charge is 0.132 e. The molecule has 4 rings (SSSR count). The molecular weight excluding hydrogens is 368 g/mol. The molecule has 0 spiro atoms. The Balaban J connectivity index is 1.64. The van der Waals surface area contributed by atoms with Crippen molar-refractivity contribution in [3.05, 3.63) is 59.7 Å². The summed E-state index contributed by atoms with van der Waals surface area (Å²) in [6.45, 7) is 2.99. The molecule has 2 aromatic carbocycles. The Morgan fingerprint density at radius 2 is 1.79 bits per heavy atom. The van der Waals surface area contributed by atoms with Gasteiger partial charge in [0.25, 0.3) is 0 Å². The van der Waals surface area contributed by atoms with E-state index < -0.39 is 0 Å². The van der Waals surface area contributed by atoms with Gasteiger partial charge < -0.3 is 14.7 Å². The molecule has 2 atom stereocenters. The molecule has 0 aromatic heterocycles. The van der Waals surface area contributed by atoms with Gasteiger partial charge >= 0.3 is 0 Å². The number of para-hydroxylation sites is 1. The van der Waals surface area contributed by atoms with E-state index in [1.807, 2.05) is 36.4 Å². The molecular formula is C23H28N2O2S. The number of ether oxygens (including phenoxy) is 1. The molecule has 1 saturated heterocycles. The molecule has 2 aliphatic heterocycles. The van der Waals surface area contributed by atoms with Gasteiger partial charge in [0, 0.05) is 7.05 Å². The first-order chi connectivity index (χ1) is 13.6. The first-order valence-electron chi connectivity index (χ1n) is 10.1. The van der Waals surface area contributed by atoms with Crippen molar-refractivity contribution in [3.63, 3.8) is 0 Å². The molecule has 4 nitrogen and oxygen atoms in total. The monoisotopic (exact) mass is 396 g/mol. The summed E-state index contributed by atoms with van der Waals surface area (Å²) in [4.78, 5) is 5.59. The molecule has 1 N–H and O–H groups in total. The largest absolute Gasteiger partial charge is 0.508 e. The number of likely N-dealkylation sites (N-methyl/N-ethyl adjacent to an activating group) is 1. The summed E-state index contributed by atoms with van der Waals surface area (Å²) >= 11 is 5.71. The maximum atomic E-state index is 9.64. The van der Waals surface area contributed by atoms with Crippen LogP contribution < -0.4 is 4.74 Å². The first-order valence-corrected chi connectivity index (χ1v) is 10.6. The van der Waals surface area contributed by atoms with E-state index in [0.29, 0.717) is 5.75 Å². The highest BCUT2D eigenvalue weighted by molar-refractivity contribution is 7.80. The van der Waals surface area contributed by atoms with Gasteiger partial charge in [-0.2, -0.15) is 0 Å². The highest BCUT2D eigenvalue weighted by atomic mass is 32.1. The van der Waals surface area contributed by atoms with Crippen LogP contribution in [0.3, 0.4) is 0 Å². The Morgan fingerprint density at radius 1 is 1.07 bits per heavy atom. The van der Waals surface area contributed by atoms with Crippen molar-refractivity contribution in [1.29, 1.82) is 0 Å². The maximum absolute atomic E-state index is 9.64. The first kappa shape index (κ1) is 19.2. The third-order valence-electron chi connectivity index (χ3n) is 5.87. The second kappa shape index (κ2) is 8.50. The Kier molecular flexibility index (Phi) is 5.83. The van der Waals surface area contributed by atoms with E-state index in [-0.39, 0.29) is 12.1 Å². The number of phenolic OH excluding ortho intramolecular Hbond substituents is 1. The normalized spacial score (nSPS) is 21.5. The number of benzene rings is 2. The lowest BCUT2D eigenvalue weighted by Crippen LogP contribution is -2.52. The van der Waals surface area contributed by atoms with Gasteiger partial charge in [-0.1, -0.05) is 42.9 Å². The predicted molar refractivity (Wildman–Crippen MR) is 116 cm³/mol. The van der Waals surface area contributed by atoms with Crippen molar-refractivity contribution in [2.24, 2.45) is 0 Å². The third kappa shape index (κ3) is 4.15. The summed E-state index contributed by atoms with van der Waals surface area (Å²) in [5.41, 5.74) is 2.23. The minimum atomic E-state index is 0.0264. The summed E-state index contributed by atoms with van der Waals surface area (Å²) < 4.78 is 6.59. The number of hydrogen-bond acceptors (Lipinski definition) is 4. The zero-order chi connectivity index (χ0) is 19.5. The highest BCUT2D eigenvalue weighted by Crippen LogP contribution is 2.29. The van der Waals surface area contributed by atoms with Crippen LogP contribution in [0.25, 0.3) is 0 Å². The number of fused-ring (bicyclic) bond motifs is 1. The summed E-state index contributed by atoms with van der Waals surface area (Å²) in [6.07, 6.45) is 4.71. The minimum absolute atomic E-state index is 0.0264. The van der Waals surface area contributed by atoms with Crippen LogP contribution in [0.15, 0.2) is 48.5 Å². The van der Waals surface area contributed by atoms with Gasteiger partial charge in [0.1, 0.15) is 22.6 Å². The zero-order valence-electron chi connectivity index (χ0n) is 16.4. The van der Waals surface area contributed by atoms with E-state index in [4.69, 9.17) is 17.0 Å². The third-order valence-corrected chi connectivity index (χ3v) is 6.40. The summed E-state index contributed by atoms with van der Waals surface area (Å²) in [5.74, 6) is 1.19. The quantitative estimate of drug-likeness (QED) is 0.794. The van der Waals surface area contributed by atoms with Crippen LogP contribution in [0, 0.1) is 0 Å². The fraction of sp³-hybridized carbons (Fsp3) is 0.435. The molecule has 2 unspecified atom stereocenters. The van der Waals surface area contributed by atoms with Gasteiger partial charge in [-0.15, -0.1) is 0 Å². The molecule has 148 valence electrons. The number of nitrogens with zero attached hydrogens (tertiary/aromatic N) is 2. The lowest BCUT2D eigenvalue weighted by molar-refractivity contribution is 0.0468. The SMILES string of the molecule is CN1CC(C(Cc2ccc(O)cc2)N2CCCCC2)Oc2ccccc2C1=S. The predicted octanol–water partition coefficient (Wildman–Crippen LogP) is 3.86. The van der Waals surface area contributed by atoms with Crippen LogP contribution in [-0.2, 0) is 6.42 Å². The number of thiocarbonyl (C=S) groups is 1. The molecule has 0 amide bonds. The van der Waals surface area contributed by atoms with E-state index in [2.05, 4.69) is 16.8 Å². The van der Waals surface area contributed by atoms with E-state index in [0.717, 1.165) is 42.4 Å². The Labute approximate surface area is 172 Å². The van der Waals surface area contributed by atoms with Crippen molar-refractivity contribution in [2.45, 2.75) is 37.8 Å². The van der Waals surface area contributed by atoms with Crippen molar-refractivity contribution >= 4 is 17.2 Å². The topological polar surface area (TPSA) is 35.9 Å². The Hall–Kier alpha value is -2.11. The summed E-state index contributed by atoms with van der Waals surface area (Å²) in [7, 11) is 2.06. The van der Waals surface area contributed by atoms with Crippen molar-refractivity contribution in [3.8, 4) is 11.5 Å². The van der Waals surface area contributed by atoms with Gasteiger partial charge in [-0.05, 0) is 62.2 Å². The Morgan fingerprint density at radius 3 is 2.54 bits per heavy atom. The lowest BCUT2D eigenvalue weighted by Gasteiger charge is -2.39. The lowest BCUT2D eigenvalue weighted by atomic mass is 9.96. The van der Waals surface area contributed by atoms with Gasteiger partial charge in [-0.25, -0.2) is 0 Å². The number of rotatable bonds is 4. The van der Waals surface area contributed by atoms with Crippen molar-refractivity contribution in [2.75, 3.05) is 26.7 Å². The molecule has 1 fully saturated rings. The number of likely N-dealkylation sites (tertiary alicyclic amines) is 1. The summed E-state index contributed by atoms with van der Waals surface area (Å²) in [5, 5.41) is 9.64. The fourth-order valence-electron chi connectivity index (χ4n) is 4.32. The van der Waals surface area contributed by atoms with Crippen LogP contribution in [0.5, 0.6) is 11.5 Å². The minimum Gasteiger partial charge on any atom is -0.508 e. The average Bonchev–Trinajstić information content (AvgIpc) is 2.85. The van der Waals surface area contributed by atoms with Crippen molar-refractivity contribution < 1.29 is 9.84 Å². The van der Waals surface area contributed by atoms with Gasteiger partial charge in [0.05, 0.1) is 18.2 Å². The molecule has 0 saturated carbocycles. The molecule has 2 aromatic rings. The number of phenols is 1. The van der Waals surface area contributed by atoms with Crippen LogP contribution >= 0.6 is 12.2 Å². The van der Waals surface area contributed by atoms with E-state index in [1.54, 1.807) is 12.1 Å². The van der Waals surface area contributed by atoms with Gasteiger partial charge in [0.2, 0.25) is 0 Å². The van der Waals surface area contributed by atoms with Crippen LogP contribution in [0.2, 0.25) is 0 Å². The van der Waals surface area contributed by atoms with Crippen LogP contribution in [-0.4, -0.2) is 58.7 Å². The number of hydrogen-bond donors (Lipinski definition) is 1. The maximum Gasteiger partial charge on any atom is 0.132 e. The van der Waals surface area contributed by atoms with Gasteiger partial charge in [-0.3, -0.25) is 4.90 Å². The highest BCUT2D eigenvalue weighted by Gasteiger charge is 2.34. The van der Waals surface area contributed by atoms with Gasteiger partial charge in [0.15, 0.2) is 0 Å². The number of aromatic hydroxyl groups is 1. The van der Waals surface area contributed by atoms with E-state index >= 15 is 0 Å². The second-order valence-corrected chi connectivity index (χ2v) is 8.26. The van der Waals surface area contributed by atoms with Crippen LogP contribution in [0.4, 0.5) is 0 Å². The Bertz CT molecular complexity index is 818. The molecule has 2 aliphatic rings. The molecule has 5 heteroatoms. The average molecular weight is 397 g/mol. The fourth-order valence-corrected chi connectivity index (χ4v) is 4.57. The van der Waals surface area contributed by atoms with E-state index in [1.165, 1.54) is 24.8 Å². The van der Waals surface area contributed by atoms with Crippen molar-refractivity contribution in [1.82, 2.24) is 9.80 Å². The summed E-state index contributed by atoms with van der Waals surface area (Å²) in [6, 6.07) is 16.0. The molecule has 2 heterocycles. The molecule has 28 heavy (non-hydrogen) atoms. The molecule has 0 aliphatic carbocycles.